The van der Waals surface area contributed by atoms with Gasteiger partial charge in [0.25, 0.3) is 5.69 Å². The molecule has 0 aliphatic carbocycles. The third-order valence-electron chi connectivity index (χ3n) is 4.69. The van der Waals surface area contributed by atoms with Crippen LogP contribution in [-0.4, -0.2) is 11.5 Å². The van der Waals surface area contributed by atoms with Crippen molar-refractivity contribution in [2.24, 2.45) is 0 Å². The quantitative estimate of drug-likeness (QED) is 0.151. The van der Waals surface area contributed by atoms with Crippen molar-refractivity contribution in [1.29, 1.82) is 5.26 Å². The van der Waals surface area contributed by atoms with E-state index in [4.69, 9.17) is 9.47 Å². The fraction of sp³-hybridized carbons (Fsp3) is 0.160. The molecule has 0 saturated carbocycles. The van der Waals surface area contributed by atoms with Gasteiger partial charge in [-0.2, -0.15) is 5.26 Å². The molecule has 3 aromatic rings. The van der Waals surface area contributed by atoms with Gasteiger partial charge in [0, 0.05) is 16.6 Å². The zero-order valence-corrected chi connectivity index (χ0v) is 19.3. The molecule has 0 fully saturated rings. The maximum absolute atomic E-state index is 10.9. The van der Waals surface area contributed by atoms with Crippen LogP contribution in [-0.2, 0) is 6.61 Å². The second-order valence-electron chi connectivity index (χ2n) is 7.00. The number of non-ortho nitro benzene ring substituents is 1. The molecule has 0 aromatic heterocycles. The smallest absolute Gasteiger partial charge is 0.269 e. The van der Waals surface area contributed by atoms with Crippen molar-refractivity contribution < 1.29 is 14.4 Å². The van der Waals surface area contributed by atoms with E-state index in [9.17, 15) is 15.4 Å². The van der Waals surface area contributed by atoms with E-state index in [-0.39, 0.29) is 5.69 Å². The highest BCUT2D eigenvalue weighted by molar-refractivity contribution is 9.10. The van der Waals surface area contributed by atoms with Crippen molar-refractivity contribution in [3.8, 4) is 17.6 Å². The van der Waals surface area contributed by atoms with E-state index in [0.29, 0.717) is 35.8 Å². The van der Waals surface area contributed by atoms with Crippen LogP contribution in [0.1, 0.15) is 29.2 Å². The van der Waals surface area contributed by atoms with Crippen LogP contribution >= 0.6 is 15.9 Å². The third-order valence-corrected chi connectivity index (χ3v) is 5.37. The highest BCUT2D eigenvalue weighted by atomic mass is 79.9. The van der Waals surface area contributed by atoms with Gasteiger partial charge in [-0.25, -0.2) is 0 Å². The van der Waals surface area contributed by atoms with Gasteiger partial charge >= 0.3 is 0 Å². The molecule has 0 amide bonds. The predicted molar refractivity (Wildman–Crippen MR) is 127 cm³/mol. The topological polar surface area (TPSA) is 85.4 Å². The van der Waals surface area contributed by atoms with Crippen LogP contribution in [0.3, 0.4) is 0 Å². The number of nitro benzene ring substituents is 1. The van der Waals surface area contributed by atoms with Crippen molar-refractivity contribution in [2.75, 3.05) is 6.61 Å². The SMILES string of the molecule is CCOc1cc(/C=C(/C#N)c2ccc([N+](=O)[O-])cc2)c(Br)cc1OCc1ccc(C)cc1. The maximum Gasteiger partial charge on any atom is 0.269 e. The number of ether oxygens (including phenoxy) is 2. The number of nitrogens with zero attached hydrogens (tertiary/aromatic N) is 2. The Kier molecular flexibility index (Phi) is 7.63. The first-order chi connectivity index (χ1) is 15.4. The predicted octanol–water partition coefficient (Wildman–Crippen LogP) is 6.71. The lowest BCUT2D eigenvalue weighted by atomic mass is 10.0. The van der Waals surface area contributed by atoms with Gasteiger partial charge in [-0.1, -0.05) is 45.8 Å². The van der Waals surface area contributed by atoms with E-state index in [0.717, 1.165) is 15.6 Å². The fourth-order valence-electron chi connectivity index (χ4n) is 2.99. The molecule has 0 radical (unpaired) electrons. The fourth-order valence-corrected chi connectivity index (χ4v) is 3.42. The van der Waals surface area contributed by atoms with Crippen LogP contribution in [0.5, 0.6) is 11.5 Å². The summed E-state index contributed by atoms with van der Waals surface area (Å²) < 4.78 is 12.5. The monoisotopic (exact) mass is 492 g/mol. The molecule has 7 heteroatoms. The first-order valence-corrected chi connectivity index (χ1v) is 10.7. The van der Waals surface area contributed by atoms with E-state index in [1.807, 2.05) is 44.2 Å². The minimum absolute atomic E-state index is 0.0269. The van der Waals surface area contributed by atoms with Crippen LogP contribution in [0, 0.1) is 28.4 Å². The summed E-state index contributed by atoms with van der Waals surface area (Å²) in [5.41, 5.74) is 3.89. The zero-order chi connectivity index (χ0) is 23.1. The summed E-state index contributed by atoms with van der Waals surface area (Å²) >= 11 is 3.55. The van der Waals surface area contributed by atoms with E-state index in [2.05, 4.69) is 22.0 Å². The maximum atomic E-state index is 10.9. The van der Waals surface area contributed by atoms with Gasteiger partial charge in [-0.15, -0.1) is 0 Å². The molecule has 0 saturated heterocycles. The van der Waals surface area contributed by atoms with Crippen LogP contribution in [0.15, 0.2) is 65.1 Å². The minimum atomic E-state index is -0.472. The Morgan fingerprint density at radius 1 is 1.09 bits per heavy atom. The van der Waals surface area contributed by atoms with Crippen molar-refractivity contribution in [3.05, 3.63) is 97.5 Å². The summed E-state index contributed by atoms with van der Waals surface area (Å²) in [6.45, 7) is 4.78. The summed E-state index contributed by atoms with van der Waals surface area (Å²) in [6, 6.07) is 19.8. The Labute approximate surface area is 195 Å². The Balaban J connectivity index is 1.90. The molecule has 0 atom stereocenters. The largest absolute Gasteiger partial charge is 0.490 e. The van der Waals surface area contributed by atoms with Gasteiger partial charge in [0.15, 0.2) is 11.5 Å². The van der Waals surface area contributed by atoms with Gasteiger partial charge in [-0.05, 0) is 60.9 Å². The lowest BCUT2D eigenvalue weighted by molar-refractivity contribution is -0.384. The number of aryl methyl sites for hydroxylation is 1. The van der Waals surface area contributed by atoms with Gasteiger partial charge in [0.2, 0.25) is 0 Å². The lowest BCUT2D eigenvalue weighted by Crippen LogP contribution is -2.00. The van der Waals surface area contributed by atoms with Crippen LogP contribution in [0.25, 0.3) is 11.6 Å². The minimum Gasteiger partial charge on any atom is -0.490 e. The number of hydrogen-bond donors (Lipinski definition) is 0. The third kappa shape index (κ3) is 5.74. The number of benzene rings is 3. The number of nitriles is 1. The van der Waals surface area contributed by atoms with Gasteiger partial charge < -0.3 is 9.47 Å². The number of nitro groups is 1. The number of halogens is 1. The van der Waals surface area contributed by atoms with Crippen LogP contribution in [0.2, 0.25) is 0 Å². The molecule has 3 aromatic carbocycles. The van der Waals surface area contributed by atoms with Gasteiger partial charge in [0.05, 0.1) is 23.2 Å². The molecular formula is C25H21BrN2O4. The van der Waals surface area contributed by atoms with Crippen molar-refractivity contribution in [3.63, 3.8) is 0 Å². The molecule has 32 heavy (non-hydrogen) atoms. The summed E-state index contributed by atoms with van der Waals surface area (Å²) in [5, 5.41) is 20.5. The second-order valence-corrected chi connectivity index (χ2v) is 7.86. The first-order valence-electron chi connectivity index (χ1n) is 9.92. The van der Waals surface area contributed by atoms with E-state index in [1.165, 1.54) is 17.7 Å². The Hall–Kier alpha value is -3.63. The number of rotatable bonds is 8. The summed E-state index contributed by atoms with van der Waals surface area (Å²) in [6.07, 6.45) is 1.71. The Bertz CT molecular complexity index is 1180. The van der Waals surface area contributed by atoms with Gasteiger partial charge in [-0.3, -0.25) is 10.1 Å². The van der Waals surface area contributed by atoms with Gasteiger partial charge in [0.1, 0.15) is 6.61 Å². The number of hydrogen-bond acceptors (Lipinski definition) is 5. The molecule has 0 N–H and O–H groups in total. The normalized spacial score (nSPS) is 11.0. The molecule has 0 aliphatic rings. The highest BCUT2D eigenvalue weighted by Crippen LogP contribution is 2.36. The molecule has 0 unspecified atom stereocenters. The average molecular weight is 493 g/mol. The van der Waals surface area contributed by atoms with E-state index < -0.39 is 4.92 Å². The lowest BCUT2D eigenvalue weighted by Gasteiger charge is -2.14. The summed E-state index contributed by atoms with van der Waals surface area (Å²) in [4.78, 5) is 10.4. The second kappa shape index (κ2) is 10.6. The van der Waals surface area contributed by atoms with E-state index >= 15 is 0 Å². The average Bonchev–Trinajstić information content (AvgIpc) is 2.79. The first kappa shape index (κ1) is 23.0. The van der Waals surface area contributed by atoms with Crippen molar-refractivity contribution >= 4 is 33.3 Å². The standard InChI is InChI=1S/C25H21BrN2O4/c1-3-31-24-13-20(12-21(15-27)19-8-10-22(11-9-19)28(29)30)23(26)14-25(24)32-16-18-6-4-17(2)5-7-18/h4-14H,3,16H2,1-2H3/b21-12-. The van der Waals surface area contributed by atoms with Crippen LogP contribution < -0.4 is 9.47 Å². The molecule has 3 rings (SSSR count). The van der Waals surface area contributed by atoms with Crippen LogP contribution in [0.4, 0.5) is 5.69 Å². The molecule has 0 spiro atoms. The molecular weight excluding hydrogens is 472 g/mol. The highest BCUT2D eigenvalue weighted by Gasteiger charge is 2.13. The zero-order valence-electron chi connectivity index (χ0n) is 17.7. The molecule has 162 valence electrons. The molecule has 6 nitrogen and oxygen atoms in total. The summed E-state index contributed by atoms with van der Waals surface area (Å²) in [5.74, 6) is 1.15. The Morgan fingerprint density at radius 3 is 2.34 bits per heavy atom. The number of allylic oxidation sites excluding steroid dienone is 1. The Morgan fingerprint density at radius 2 is 1.75 bits per heavy atom. The molecule has 0 bridgehead atoms. The molecule has 0 heterocycles. The summed E-state index contributed by atoms with van der Waals surface area (Å²) in [7, 11) is 0. The van der Waals surface area contributed by atoms with E-state index in [1.54, 1.807) is 24.3 Å². The molecule has 0 aliphatic heterocycles. The van der Waals surface area contributed by atoms with Crippen molar-refractivity contribution in [2.45, 2.75) is 20.5 Å². The van der Waals surface area contributed by atoms with Crippen molar-refractivity contribution in [1.82, 2.24) is 0 Å².